The Labute approximate surface area is 242 Å². The van der Waals surface area contributed by atoms with Crippen LogP contribution in [0, 0.1) is 16.6 Å². The Morgan fingerprint density at radius 2 is 1.50 bits per heavy atom. The number of nitrogens with zero attached hydrogens (tertiary/aromatic N) is 1. The first-order valence-electron chi connectivity index (χ1n) is 13.5. The third kappa shape index (κ3) is 5.51. The summed E-state index contributed by atoms with van der Waals surface area (Å²) in [6, 6.07) is 11.0. The highest BCUT2D eigenvalue weighted by molar-refractivity contribution is 9.10. The van der Waals surface area contributed by atoms with E-state index >= 15 is 0 Å². The van der Waals surface area contributed by atoms with E-state index in [4.69, 9.17) is 4.74 Å². The van der Waals surface area contributed by atoms with Gasteiger partial charge in [0, 0.05) is 54.0 Å². The minimum atomic E-state index is -0.444. The molecule has 0 unspecified atom stereocenters. The molecule has 0 bridgehead atoms. The molecular weight excluding hydrogens is 575 g/mol. The first kappa shape index (κ1) is 28.3. The molecule has 210 valence electrons. The third-order valence-electron chi connectivity index (χ3n) is 7.96. The number of hydrogen-bond donors (Lipinski definition) is 1. The van der Waals surface area contributed by atoms with Crippen LogP contribution >= 0.6 is 15.9 Å². The topological polar surface area (TPSA) is 75.7 Å². The summed E-state index contributed by atoms with van der Waals surface area (Å²) < 4.78 is 19.5. The maximum absolute atomic E-state index is 13.7. The van der Waals surface area contributed by atoms with Crippen molar-refractivity contribution in [2.75, 3.05) is 19.0 Å². The average Bonchev–Trinajstić information content (AvgIpc) is 2.85. The van der Waals surface area contributed by atoms with Gasteiger partial charge in [-0.15, -0.1) is 0 Å². The van der Waals surface area contributed by atoms with Gasteiger partial charge < -0.3 is 15.0 Å². The van der Waals surface area contributed by atoms with Crippen molar-refractivity contribution in [3.05, 3.63) is 80.9 Å². The summed E-state index contributed by atoms with van der Waals surface area (Å²) in [5, 5.41) is 2.67. The Kier molecular flexibility index (Phi) is 7.27. The number of ether oxygens (including phenoxy) is 1. The van der Waals surface area contributed by atoms with Crippen molar-refractivity contribution in [2.45, 2.75) is 59.3 Å². The minimum Gasteiger partial charge on any atom is -0.483 e. The van der Waals surface area contributed by atoms with Crippen LogP contribution in [0.2, 0.25) is 0 Å². The number of ketones is 2. The van der Waals surface area contributed by atoms with E-state index < -0.39 is 5.92 Å². The van der Waals surface area contributed by atoms with Gasteiger partial charge in [-0.3, -0.25) is 14.4 Å². The average molecular weight is 610 g/mol. The van der Waals surface area contributed by atoms with Crippen LogP contribution in [0.5, 0.6) is 5.75 Å². The van der Waals surface area contributed by atoms with Gasteiger partial charge in [-0.2, -0.15) is 0 Å². The summed E-state index contributed by atoms with van der Waals surface area (Å²) >= 11 is 3.58. The van der Waals surface area contributed by atoms with E-state index in [1.54, 1.807) is 6.07 Å². The fraction of sp³-hybridized carbons (Fsp3) is 0.406. The second-order valence-corrected chi connectivity index (χ2v) is 13.5. The molecule has 8 heteroatoms. The van der Waals surface area contributed by atoms with Gasteiger partial charge >= 0.3 is 0 Å². The van der Waals surface area contributed by atoms with Gasteiger partial charge in [-0.25, -0.2) is 4.39 Å². The molecule has 1 N–H and O–H groups in total. The van der Waals surface area contributed by atoms with Gasteiger partial charge in [0.25, 0.3) is 5.91 Å². The van der Waals surface area contributed by atoms with Gasteiger partial charge in [0.1, 0.15) is 11.6 Å². The zero-order chi connectivity index (χ0) is 29.0. The molecule has 0 saturated carbocycles. The molecule has 0 spiro atoms. The van der Waals surface area contributed by atoms with Crippen molar-refractivity contribution < 1.29 is 23.5 Å². The number of halogens is 2. The molecule has 2 aromatic carbocycles. The second kappa shape index (κ2) is 10.3. The zero-order valence-electron chi connectivity index (χ0n) is 23.5. The van der Waals surface area contributed by atoms with E-state index in [-0.39, 0.29) is 40.7 Å². The SMILES string of the molecule is CN1C2=C(C(=O)CC(C)(C)C2)C(c2ccc(OCC(=O)Nc3ccc(F)cc3)c(Br)c2)C2=C1CC(C)(C)CC2=O. The number of anilines is 1. The van der Waals surface area contributed by atoms with E-state index in [2.05, 4.69) is 53.8 Å². The highest BCUT2D eigenvalue weighted by Crippen LogP contribution is 2.54. The summed E-state index contributed by atoms with van der Waals surface area (Å²) in [4.78, 5) is 41.8. The van der Waals surface area contributed by atoms with Crippen molar-refractivity contribution in [1.82, 2.24) is 4.90 Å². The van der Waals surface area contributed by atoms with Crippen LogP contribution in [0.25, 0.3) is 0 Å². The van der Waals surface area contributed by atoms with Gasteiger partial charge in [0.15, 0.2) is 18.2 Å². The quantitative estimate of drug-likeness (QED) is 0.399. The maximum atomic E-state index is 13.7. The maximum Gasteiger partial charge on any atom is 0.262 e. The Hall–Kier alpha value is -3.26. The lowest BCUT2D eigenvalue weighted by Crippen LogP contribution is -2.43. The highest BCUT2D eigenvalue weighted by atomic mass is 79.9. The molecule has 0 radical (unpaired) electrons. The molecule has 3 aliphatic rings. The molecule has 5 rings (SSSR count). The molecule has 0 fully saturated rings. The number of allylic oxidation sites excluding steroid dienone is 4. The normalized spacial score (nSPS) is 20.3. The predicted molar refractivity (Wildman–Crippen MR) is 155 cm³/mol. The molecule has 2 aromatic rings. The Morgan fingerprint density at radius 3 is 2.02 bits per heavy atom. The molecule has 1 aliphatic heterocycles. The van der Waals surface area contributed by atoms with Crippen molar-refractivity contribution >= 4 is 39.1 Å². The number of carbonyl (C=O) groups is 3. The van der Waals surface area contributed by atoms with E-state index in [0.29, 0.717) is 39.9 Å². The molecule has 0 aromatic heterocycles. The summed E-state index contributed by atoms with van der Waals surface area (Å²) in [5.41, 5.74) is 4.43. The second-order valence-electron chi connectivity index (χ2n) is 12.6. The van der Waals surface area contributed by atoms with Crippen LogP contribution in [0.15, 0.2) is 69.5 Å². The monoisotopic (exact) mass is 608 g/mol. The lowest BCUT2D eigenvalue weighted by atomic mass is 9.64. The number of hydrogen-bond acceptors (Lipinski definition) is 5. The van der Waals surface area contributed by atoms with Crippen LogP contribution < -0.4 is 10.1 Å². The Morgan fingerprint density at radius 1 is 0.950 bits per heavy atom. The molecule has 1 heterocycles. The number of amides is 1. The molecule has 6 nitrogen and oxygen atoms in total. The summed E-state index contributed by atoms with van der Waals surface area (Å²) in [5.74, 6) is -0.580. The van der Waals surface area contributed by atoms with Crippen molar-refractivity contribution in [3.8, 4) is 5.75 Å². The largest absolute Gasteiger partial charge is 0.483 e. The van der Waals surface area contributed by atoms with Crippen LogP contribution in [0.3, 0.4) is 0 Å². The number of rotatable bonds is 5. The summed E-state index contributed by atoms with van der Waals surface area (Å²) in [6.07, 6.45) is 2.39. The van der Waals surface area contributed by atoms with Crippen molar-refractivity contribution in [3.63, 3.8) is 0 Å². The Bertz CT molecular complexity index is 1420. The molecule has 1 amide bonds. The van der Waals surface area contributed by atoms with E-state index in [9.17, 15) is 18.8 Å². The van der Waals surface area contributed by atoms with Crippen LogP contribution in [0.1, 0.15) is 64.9 Å². The van der Waals surface area contributed by atoms with Crippen LogP contribution in [-0.2, 0) is 14.4 Å². The number of Topliss-reactive ketones (excluding diaryl/α,β-unsaturated/α-hetero) is 2. The number of nitrogens with one attached hydrogen (secondary N) is 1. The van der Waals surface area contributed by atoms with Gasteiger partial charge in [-0.1, -0.05) is 33.8 Å². The van der Waals surface area contributed by atoms with Crippen molar-refractivity contribution in [2.24, 2.45) is 10.8 Å². The van der Waals surface area contributed by atoms with Crippen molar-refractivity contribution in [1.29, 1.82) is 0 Å². The fourth-order valence-electron chi connectivity index (χ4n) is 6.19. The third-order valence-corrected chi connectivity index (χ3v) is 8.58. The fourth-order valence-corrected chi connectivity index (χ4v) is 6.70. The number of benzene rings is 2. The van der Waals surface area contributed by atoms with E-state index in [1.165, 1.54) is 24.3 Å². The van der Waals surface area contributed by atoms with E-state index in [1.807, 2.05) is 19.2 Å². The van der Waals surface area contributed by atoms with Crippen LogP contribution in [0.4, 0.5) is 10.1 Å². The molecule has 0 atom stereocenters. The molecular formula is C32H34BrFN2O4. The smallest absolute Gasteiger partial charge is 0.262 e. The first-order chi connectivity index (χ1) is 18.7. The lowest BCUT2D eigenvalue weighted by Gasteiger charge is -2.47. The molecule has 2 aliphatic carbocycles. The number of carbonyl (C=O) groups excluding carboxylic acids is 3. The molecule has 40 heavy (non-hydrogen) atoms. The predicted octanol–water partition coefficient (Wildman–Crippen LogP) is 6.92. The minimum absolute atomic E-state index is 0.0844. The Balaban J connectivity index is 1.46. The highest BCUT2D eigenvalue weighted by Gasteiger charge is 2.48. The lowest BCUT2D eigenvalue weighted by molar-refractivity contribution is -0.120. The molecule has 0 saturated heterocycles. The van der Waals surface area contributed by atoms with Gasteiger partial charge in [0.2, 0.25) is 0 Å². The zero-order valence-corrected chi connectivity index (χ0v) is 25.1. The van der Waals surface area contributed by atoms with Crippen LogP contribution in [-0.4, -0.2) is 36.0 Å². The van der Waals surface area contributed by atoms with Gasteiger partial charge in [0.05, 0.1) is 4.47 Å². The first-order valence-corrected chi connectivity index (χ1v) is 14.3. The summed E-state index contributed by atoms with van der Waals surface area (Å²) in [6.45, 7) is 8.23. The standard InChI is InChI=1S/C32H34BrFN2O4/c1-31(2)13-22-29(24(37)15-31)28(30-23(36(22)5)14-32(3,4)16-25(30)38)18-6-11-26(21(33)12-18)40-17-27(39)35-20-9-7-19(34)8-10-20/h6-12,28H,13-17H2,1-5H3,(H,35,39). The van der Waals surface area contributed by atoms with Gasteiger partial charge in [-0.05, 0) is 81.6 Å². The summed E-state index contributed by atoms with van der Waals surface area (Å²) in [7, 11) is 1.99. The van der Waals surface area contributed by atoms with E-state index in [0.717, 1.165) is 29.8 Å².